The molecule has 0 aliphatic rings. The monoisotopic (exact) mass is 284 g/mol. The number of carbonyl (C=O) groups excluding carboxylic acids is 1. The molecule has 0 saturated heterocycles. The van der Waals surface area contributed by atoms with Gasteiger partial charge in [-0.2, -0.15) is 4.39 Å². The van der Waals surface area contributed by atoms with E-state index in [4.69, 9.17) is 23.2 Å². The molecule has 0 bridgehead atoms. The fourth-order valence-electron chi connectivity index (χ4n) is 0.765. The summed E-state index contributed by atoms with van der Waals surface area (Å²) in [5.74, 6) is -0.955. The van der Waals surface area contributed by atoms with Crippen LogP contribution in [0.4, 0.5) is 4.39 Å². The molecule has 1 rings (SSSR count). The lowest BCUT2D eigenvalue weighted by Crippen LogP contribution is -2.19. The second-order valence-electron chi connectivity index (χ2n) is 2.33. The first kappa shape index (κ1) is 11.0. The van der Waals surface area contributed by atoms with E-state index in [-0.39, 0.29) is 5.56 Å². The molecule has 0 atom stereocenters. The van der Waals surface area contributed by atoms with Crippen LogP contribution in [-0.2, 0) is 0 Å². The fourth-order valence-corrected chi connectivity index (χ4v) is 1.25. The Morgan fingerprint density at radius 1 is 1.31 bits per heavy atom. The molecule has 70 valence electrons. The topological polar surface area (TPSA) is 17.1 Å². The van der Waals surface area contributed by atoms with Gasteiger partial charge in [-0.1, -0.05) is 51.3 Å². The molecule has 1 aromatic carbocycles. The van der Waals surface area contributed by atoms with Crippen LogP contribution in [-0.4, -0.2) is 10.4 Å². The van der Waals surface area contributed by atoms with Gasteiger partial charge < -0.3 is 0 Å². The van der Waals surface area contributed by atoms with Crippen LogP contribution in [0.15, 0.2) is 28.7 Å². The molecule has 0 fully saturated rings. The Balaban J connectivity index is 2.97. The number of hydrogen-bond donors (Lipinski definition) is 0. The molecule has 1 nitrogen and oxygen atoms in total. The minimum absolute atomic E-state index is 0.135. The minimum atomic E-state index is -2.85. The molecule has 0 aliphatic heterocycles. The van der Waals surface area contributed by atoms with Crippen molar-refractivity contribution in [2.45, 2.75) is 4.59 Å². The highest BCUT2D eigenvalue weighted by Crippen LogP contribution is 2.27. The van der Waals surface area contributed by atoms with Gasteiger partial charge in [0, 0.05) is 10.0 Å². The standard InChI is InChI=1S/C8H4BrCl2FO/c9-6-3-1-5(2-4-6)7(13)8(10,11)12/h1-4H. The smallest absolute Gasteiger partial charge is 0.288 e. The minimum Gasteiger partial charge on any atom is -0.288 e. The average Bonchev–Trinajstić information content (AvgIpc) is 2.03. The van der Waals surface area contributed by atoms with E-state index in [2.05, 4.69) is 15.9 Å². The van der Waals surface area contributed by atoms with E-state index in [1.807, 2.05) is 0 Å². The zero-order valence-electron chi connectivity index (χ0n) is 6.23. The van der Waals surface area contributed by atoms with Gasteiger partial charge >= 0.3 is 4.59 Å². The van der Waals surface area contributed by atoms with Crippen LogP contribution in [0.1, 0.15) is 10.4 Å². The first-order valence-electron chi connectivity index (χ1n) is 3.28. The van der Waals surface area contributed by atoms with Gasteiger partial charge in [0.25, 0.3) is 0 Å². The van der Waals surface area contributed by atoms with E-state index in [0.717, 1.165) is 4.47 Å². The normalized spacial score (nSPS) is 11.4. The van der Waals surface area contributed by atoms with Gasteiger partial charge in [-0.3, -0.25) is 4.79 Å². The van der Waals surface area contributed by atoms with Crippen molar-refractivity contribution in [1.29, 1.82) is 0 Å². The van der Waals surface area contributed by atoms with Crippen LogP contribution in [0.3, 0.4) is 0 Å². The van der Waals surface area contributed by atoms with Crippen LogP contribution in [0.25, 0.3) is 0 Å². The summed E-state index contributed by atoms with van der Waals surface area (Å²) in [5, 5.41) is 0. The number of hydrogen-bond acceptors (Lipinski definition) is 1. The Hall–Kier alpha value is -0.120. The van der Waals surface area contributed by atoms with Gasteiger partial charge in [-0.05, 0) is 12.1 Å². The average molecular weight is 286 g/mol. The molecule has 0 aromatic heterocycles. The van der Waals surface area contributed by atoms with E-state index < -0.39 is 10.4 Å². The van der Waals surface area contributed by atoms with Crippen LogP contribution in [0, 0.1) is 0 Å². The first-order valence-corrected chi connectivity index (χ1v) is 4.83. The van der Waals surface area contributed by atoms with E-state index in [9.17, 15) is 9.18 Å². The Morgan fingerprint density at radius 3 is 2.15 bits per heavy atom. The lowest BCUT2D eigenvalue weighted by atomic mass is 10.1. The van der Waals surface area contributed by atoms with Crippen LogP contribution in [0.5, 0.6) is 0 Å². The Labute approximate surface area is 93.0 Å². The predicted molar refractivity (Wildman–Crippen MR) is 54.0 cm³/mol. The molecule has 13 heavy (non-hydrogen) atoms. The molecular weight excluding hydrogens is 282 g/mol. The van der Waals surface area contributed by atoms with Crippen molar-refractivity contribution >= 4 is 44.9 Å². The van der Waals surface area contributed by atoms with Crippen molar-refractivity contribution in [3.8, 4) is 0 Å². The van der Waals surface area contributed by atoms with Crippen molar-refractivity contribution in [2.24, 2.45) is 0 Å². The fraction of sp³-hybridized carbons (Fsp3) is 0.125. The van der Waals surface area contributed by atoms with E-state index in [1.165, 1.54) is 12.1 Å². The second kappa shape index (κ2) is 3.95. The quantitative estimate of drug-likeness (QED) is 0.598. The number of halogens is 4. The van der Waals surface area contributed by atoms with Crippen molar-refractivity contribution in [3.63, 3.8) is 0 Å². The van der Waals surface area contributed by atoms with E-state index >= 15 is 0 Å². The summed E-state index contributed by atoms with van der Waals surface area (Å²) in [6.45, 7) is 0. The van der Waals surface area contributed by atoms with Crippen molar-refractivity contribution < 1.29 is 9.18 Å². The molecule has 0 amide bonds. The highest BCUT2D eigenvalue weighted by molar-refractivity contribution is 9.10. The van der Waals surface area contributed by atoms with Crippen molar-refractivity contribution in [2.75, 3.05) is 0 Å². The summed E-state index contributed by atoms with van der Waals surface area (Å²) in [6, 6.07) is 6.08. The Bertz CT molecular complexity index is 318. The highest BCUT2D eigenvalue weighted by Gasteiger charge is 2.33. The molecule has 0 radical (unpaired) electrons. The largest absolute Gasteiger partial charge is 0.320 e. The zero-order chi connectivity index (χ0) is 10.1. The number of ketones is 1. The van der Waals surface area contributed by atoms with Crippen LogP contribution < -0.4 is 0 Å². The third-order valence-corrected chi connectivity index (χ3v) is 2.24. The second-order valence-corrected chi connectivity index (χ2v) is 4.48. The third kappa shape index (κ3) is 2.93. The summed E-state index contributed by atoms with van der Waals surface area (Å²) in [5.41, 5.74) is 0.135. The number of alkyl halides is 3. The number of Topliss-reactive ketones (excluding diaryl/α,β-unsaturated/α-hetero) is 1. The van der Waals surface area contributed by atoms with Gasteiger partial charge in [0.1, 0.15) is 0 Å². The first-order chi connectivity index (χ1) is 5.91. The summed E-state index contributed by atoms with van der Waals surface area (Å²) < 4.78 is 10.7. The summed E-state index contributed by atoms with van der Waals surface area (Å²) >= 11 is 13.2. The van der Waals surface area contributed by atoms with Crippen molar-refractivity contribution in [1.82, 2.24) is 0 Å². The summed E-state index contributed by atoms with van der Waals surface area (Å²) in [6.07, 6.45) is 0. The molecule has 0 N–H and O–H groups in total. The maximum atomic E-state index is 12.7. The van der Waals surface area contributed by atoms with Gasteiger partial charge in [-0.15, -0.1) is 0 Å². The van der Waals surface area contributed by atoms with E-state index in [0.29, 0.717) is 0 Å². The summed E-state index contributed by atoms with van der Waals surface area (Å²) in [7, 11) is 0. The lowest BCUT2D eigenvalue weighted by Gasteiger charge is -2.07. The molecule has 0 unspecified atom stereocenters. The molecule has 0 heterocycles. The van der Waals surface area contributed by atoms with Gasteiger partial charge in [0.15, 0.2) is 0 Å². The Morgan fingerprint density at radius 2 is 1.77 bits per heavy atom. The number of carbonyl (C=O) groups is 1. The van der Waals surface area contributed by atoms with Crippen LogP contribution >= 0.6 is 39.1 Å². The van der Waals surface area contributed by atoms with Gasteiger partial charge in [0.05, 0.1) is 0 Å². The van der Waals surface area contributed by atoms with E-state index in [1.54, 1.807) is 12.1 Å². The number of rotatable bonds is 2. The molecule has 0 aliphatic carbocycles. The predicted octanol–water partition coefficient (Wildman–Crippen LogP) is 3.73. The molecule has 1 aromatic rings. The Kier molecular flexibility index (Phi) is 3.33. The maximum Gasteiger partial charge on any atom is 0.320 e. The SMILES string of the molecule is O=C(c1ccc(Br)cc1)C(F)(Cl)Cl. The maximum absolute atomic E-state index is 12.7. The molecular formula is C8H4BrCl2FO. The zero-order valence-corrected chi connectivity index (χ0v) is 9.33. The van der Waals surface area contributed by atoms with Crippen LogP contribution in [0.2, 0.25) is 0 Å². The van der Waals surface area contributed by atoms with Crippen molar-refractivity contribution in [3.05, 3.63) is 34.3 Å². The summed E-state index contributed by atoms with van der Waals surface area (Å²) in [4.78, 5) is 11.1. The van der Waals surface area contributed by atoms with Gasteiger partial charge in [0.2, 0.25) is 5.78 Å². The molecule has 0 saturated carbocycles. The lowest BCUT2D eigenvalue weighted by molar-refractivity contribution is 0.0906. The molecule has 0 spiro atoms. The number of benzene rings is 1. The highest BCUT2D eigenvalue weighted by atomic mass is 79.9. The third-order valence-electron chi connectivity index (χ3n) is 1.36. The molecule has 5 heteroatoms. The van der Waals surface area contributed by atoms with Gasteiger partial charge in [-0.25, -0.2) is 0 Å².